The van der Waals surface area contributed by atoms with Crippen LogP contribution in [-0.4, -0.2) is 49.9 Å². The lowest BCUT2D eigenvalue weighted by molar-refractivity contribution is 0.0782. The molecule has 5 nitrogen and oxygen atoms in total. The molecule has 0 aliphatic carbocycles. The van der Waals surface area contributed by atoms with E-state index in [0.29, 0.717) is 6.54 Å². The molecule has 1 aliphatic heterocycles. The average Bonchev–Trinajstić information content (AvgIpc) is 2.65. The van der Waals surface area contributed by atoms with E-state index >= 15 is 0 Å². The van der Waals surface area contributed by atoms with Gasteiger partial charge >= 0.3 is 0 Å². The second kappa shape index (κ2) is 12.7. The molecule has 1 aromatic carbocycles. The molecule has 7 heteroatoms. The quantitative estimate of drug-likeness (QED) is 0.329. The van der Waals surface area contributed by atoms with E-state index in [-0.39, 0.29) is 28.7 Å². The largest absolute Gasteiger partial charge is 0.497 e. The maximum absolute atomic E-state index is 5.55. The van der Waals surface area contributed by atoms with Crippen LogP contribution in [0.1, 0.15) is 32.3 Å². The topological polar surface area (TPSA) is 54.9 Å². The fraction of sp³-hybridized carbons (Fsp3) is 0.632. The highest BCUT2D eigenvalue weighted by atomic mass is 127. The molecule has 1 heterocycles. The fourth-order valence-electron chi connectivity index (χ4n) is 2.95. The maximum atomic E-state index is 5.55. The van der Waals surface area contributed by atoms with Crippen LogP contribution in [0, 0.1) is 0 Å². The first-order chi connectivity index (χ1) is 12.2. The van der Waals surface area contributed by atoms with E-state index in [1.54, 1.807) is 7.11 Å². The van der Waals surface area contributed by atoms with Gasteiger partial charge in [0.2, 0.25) is 0 Å². The maximum Gasteiger partial charge on any atom is 0.191 e. The lowest BCUT2D eigenvalue weighted by Gasteiger charge is -2.37. The van der Waals surface area contributed by atoms with Crippen LogP contribution in [0.15, 0.2) is 29.3 Å². The zero-order valence-corrected chi connectivity index (χ0v) is 19.2. The number of hydrogen-bond acceptors (Lipinski definition) is 4. The monoisotopic (exact) mass is 493 g/mol. The number of aliphatic imine (C=N–C) groups is 1. The number of nitrogens with zero attached hydrogens (tertiary/aromatic N) is 1. The highest BCUT2D eigenvalue weighted by Crippen LogP contribution is 2.34. The van der Waals surface area contributed by atoms with Crippen LogP contribution >= 0.6 is 35.7 Å². The number of nitrogens with one attached hydrogen (secondary N) is 2. The normalized spacial score (nSPS) is 16.5. The number of benzene rings is 1. The van der Waals surface area contributed by atoms with Crippen molar-refractivity contribution in [3.8, 4) is 5.75 Å². The van der Waals surface area contributed by atoms with Gasteiger partial charge in [-0.3, -0.25) is 0 Å². The van der Waals surface area contributed by atoms with Crippen LogP contribution in [0.5, 0.6) is 5.75 Å². The molecule has 26 heavy (non-hydrogen) atoms. The van der Waals surface area contributed by atoms with E-state index in [2.05, 4.69) is 30.5 Å². The van der Waals surface area contributed by atoms with E-state index in [9.17, 15) is 0 Å². The molecule has 0 saturated carbocycles. The van der Waals surface area contributed by atoms with Gasteiger partial charge in [0, 0.05) is 31.1 Å². The van der Waals surface area contributed by atoms with Crippen LogP contribution in [0.2, 0.25) is 0 Å². The van der Waals surface area contributed by atoms with Crippen LogP contribution in [0.3, 0.4) is 0 Å². The predicted molar refractivity (Wildman–Crippen MR) is 122 cm³/mol. The summed E-state index contributed by atoms with van der Waals surface area (Å²) in [6.45, 7) is 8.42. The van der Waals surface area contributed by atoms with Gasteiger partial charge < -0.3 is 20.1 Å². The second-order valence-electron chi connectivity index (χ2n) is 6.13. The van der Waals surface area contributed by atoms with Gasteiger partial charge in [0.1, 0.15) is 5.75 Å². The molecule has 0 radical (unpaired) electrons. The molecule has 0 atom stereocenters. The van der Waals surface area contributed by atoms with E-state index in [0.717, 1.165) is 62.2 Å². The lowest BCUT2D eigenvalue weighted by Crippen LogP contribution is -2.48. The minimum Gasteiger partial charge on any atom is -0.497 e. The van der Waals surface area contributed by atoms with Gasteiger partial charge in [-0.2, -0.15) is 11.8 Å². The molecule has 1 aliphatic rings. The van der Waals surface area contributed by atoms with E-state index in [1.807, 2.05) is 30.0 Å². The minimum atomic E-state index is 0. The molecular formula is C19H32IN3O2S. The Labute approximate surface area is 179 Å². The lowest BCUT2D eigenvalue weighted by atomic mass is 9.99. The Morgan fingerprint density at radius 3 is 2.69 bits per heavy atom. The Kier molecular flexibility index (Phi) is 11.4. The third-order valence-electron chi connectivity index (χ3n) is 4.33. The summed E-state index contributed by atoms with van der Waals surface area (Å²) in [6, 6.07) is 8.05. The summed E-state index contributed by atoms with van der Waals surface area (Å²) in [4.78, 5) is 4.73. The van der Waals surface area contributed by atoms with Gasteiger partial charge in [-0.15, -0.1) is 24.0 Å². The summed E-state index contributed by atoms with van der Waals surface area (Å²) >= 11 is 2.04. The van der Waals surface area contributed by atoms with Gasteiger partial charge in [-0.1, -0.05) is 19.1 Å². The van der Waals surface area contributed by atoms with Gasteiger partial charge in [-0.05, 0) is 43.2 Å². The number of methoxy groups -OCH3 is 1. The summed E-state index contributed by atoms with van der Waals surface area (Å²) in [7, 11) is 1.69. The molecule has 0 unspecified atom stereocenters. The van der Waals surface area contributed by atoms with E-state index in [4.69, 9.17) is 14.5 Å². The standard InChI is InChI=1S/C19H31N3O2S.HI/c1-4-20-18(21-14-16-7-6-8-17(13-16)23-3)22-15-19(25-5-2)9-11-24-12-10-19;/h6-8,13H,4-5,9-12,14-15H2,1-3H3,(H2,20,21,22);1H. The van der Waals surface area contributed by atoms with Crippen LogP contribution < -0.4 is 15.4 Å². The molecule has 148 valence electrons. The summed E-state index contributed by atoms with van der Waals surface area (Å²) in [5, 5.41) is 6.89. The van der Waals surface area contributed by atoms with Crippen molar-refractivity contribution >= 4 is 41.7 Å². The van der Waals surface area contributed by atoms with Crippen molar-refractivity contribution in [3.63, 3.8) is 0 Å². The van der Waals surface area contributed by atoms with Crippen LogP contribution in [0.25, 0.3) is 0 Å². The molecule has 1 aromatic rings. The van der Waals surface area contributed by atoms with E-state index < -0.39 is 0 Å². The minimum absolute atomic E-state index is 0. The van der Waals surface area contributed by atoms with Crippen molar-refractivity contribution in [2.45, 2.75) is 38.0 Å². The van der Waals surface area contributed by atoms with Gasteiger partial charge in [0.05, 0.1) is 13.7 Å². The second-order valence-corrected chi connectivity index (χ2v) is 7.86. The third-order valence-corrected chi connectivity index (χ3v) is 5.78. The SMILES string of the molecule is CCNC(=NCc1cccc(OC)c1)NCC1(SCC)CCOCC1.I. The van der Waals surface area contributed by atoms with Crippen molar-refractivity contribution in [2.75, 3.05) is 39.2 Å². The van der Waals surface area contributed by atoms with Gasteiger partial charge in [0.15, 0.2) is 5.96 Å². The first-order valence-corrected chi connectivity index (χ1v) is 10.1. The Bertz CT molecular complexity index is 546. The number of hydrogen-bond donors (Lipinski definition) is 2. The Morgan fingerprint density at radius 1 is 1.27 bits per heavy atom. The highest BCUT2D eigenvalue weighted by molar-refractivity contribution is 14.0. The van der Waals surface area contributed by atoms with Gasteiger partial charge in [-0.25, -0.2) is 4.99 Å². The van der Waals surface area contributed by atoms with E-state index in [1.165, 1.54) is 0 Å². The number of guanidine groups is 1. The molecule has 2 N–H and O–H groups in total. The summed E-state index contributed by atoms with van der Waals surface area (Å²) < 4.78 is 11.1. The zero-order chi connectivity index (χ0) is 18.0. The summed E-state index contributed by atoms with van der Waals surface area (Å²) in [6.07, 6.45) is 2.18. The van der Waals surface area contributed by atoms with Crippen LogP contribution in [-0.2, 0) is 11.3 Å². The Morgan fingerprint density at radius 2 is 2.04 bits per heavy atom. The highest BCUT2D eigenvalue weighted by Gasteiger charge is 2.32. The summed E-state index contributed by atoms with van der Waals surface area (Å²) in [5.41, 5.74) is 1.14. The number of ether oxygens (including phenoxy) is 2. The summed E-state index contributed by atoms with van der Waals surface area (Å²) in [5.74, 6) is 2.86. The molecule has 0 amide bonds. The molecular weight excluding hydrogens is 461 g/mol. The van der Waals surface area contributed by atoms with Crippen molar-refractivity contribution in [1.29, 1.82) is 0 Å². The third kappa shape index (κ3) is 7.52. The molecule has 1 fully saturated rings. The molecule has 0 bridgehead atoms. The van der Waals surface area contributed by atoms with Crippen molar-refractivity contribution < 1.29 is 9.47 Å². The smallest absolute Gasteiger partial charge is 0.191 e. The molecule has 0 spiro atoms. The first-order valence-electron chi connectivity index (χ1n) is 9.08. The molecule has 1 saturated heterocycles. The Hall–Kier alpha value is -0.670. The molecule has 0 aromatic heterocycles. The van der Waals surface area contributed by atoms with Crippen molar-refractivity contribution in [2.24, 2.45) is 4.99 Å². The predicted octanol–water partition coefficient (Wildman–Crippen LogP) is 3.67. The average molecular weight is 493 g/mol. The van der Waals surface area contributed by atoms with Crippen molar-refractivity contribution in [3.05, 3.63) is 29.8 Å². The number of halogens is 1. The fourth-order valence-corrected chi connectivity index (χ4v) is 4.19. The Balaban J connectivity index is 0.00000338. The van der Waals surface area contributed by atoms with Crippen LogP contribution in [0.4, 0.5) is 0 Å². The number of thioether (sulfide) groups is 1. The van der Waals surface area contributed by atoms with Crippen molar-refractivity contribution in [1.82, 2.24) is 10.6 Å². The molecule has 2 rings (SSSR count). The first kappa shape index (κ1) is 23.4. The number of rotatable bonds is 8. The van der Waals surface area contributed by atoms with Gasteiger partial charge in [0.25, 0.3) is 0 Å². The zero-order valence-electron chi connectivity index (χ0n) is 16.0.